The van der Waals surface area contributed by atoms with E-state index in [1.807, 2.05) is 6.92 Å². The second kappa shape index (κ2) is 8.87. The zero-order valence-corrected chi connectivity index (χ0v) is 13.2. The molecule has 0 spiro atoms. The summed E-state index contributed by atoms with van der Waals surface area (Å²) in [5.41, 5.74) is 0.371. The third-order valence-corrected chi connectivity index (χ3v) is 3.41. The van der Waals surface area contributed by atoms with Crippen LogP contribution in [-0.2, 0) is 9.59 Å². The van der Waals surface area contributed by atoms with Gasteiger partial charge in [-0.25, -0.2) is 0 Å². The molecule has 0 saturated carbocycles. The fraction of sp³-hybridized carbons (Fsp3) is 0.429. The number of carbonyl (C=O) groups excluding carboxylic acids is 2. The maximum Gasteiger partial charge on any atom is 0.239 e. The molecular formula is C14H18Cl2N2O3. The Hall–Kier alpha value is -1.30. The van der Waals surface area contributed by atoms with Gasteiger partial charge >= 0.3 is 0 Å². The molecule has 0 radical (unpaired) electrons. The van der Waals surface area contributed by atoms with Crippen LogP contribution in [0.5, 0.6) is 0 Å². The molecule has 116 valence electrons. The molecule has 0 aliphatic carbocycles. The Bertz CT molecular complexity index is 489. The van der Waals surface area contributed by atoms with Gasteiger partial charge in [0.1, 0.15) is 0 Å². The maximum absolute atomic E-state index is 11.6. The molecule has 0 heterocycles. The van der Waals surface area contributed by atoms with Crippen molar-refractivity contribution >= 4 is 35.0 Å². The SMILES string of the molecule is CCCC(=O)NCC(=O)NCC(O)c1c(Cl)cccc1Cl. The van der Waals surface area contributed by atoms with Gasteiger partial charge in [-0.15, -0.1) is 0 Å². The second-order valence-electron chi connectivity index (χ2n) is 4.48. The van der Waals surface area contributed by atoms with Gasteiger partial charge in [0, 0.05) is 28.6 Å². The van der Waals surface area contributed by atoms with Crippen molar-refractivity contribution < 1.29 is 14.7 Å². The van der Waals surface area contributed by atoms with Crippen LogP contribution >= 0.6 is 23.2 Å². The number of carbonyl (C=O) groups is 2. The van der Waals surface area contributed by atoms with Crippen LogP contribution in [0.1, 0.15) is 31.4 Å². The molecule has 0 bridgehead atoms. The Kier molecular flexibility index (Phi) is 7.50. The van der Waals surface area contributed by atoms with Crippen LogP contribution in [-0.4, -0.2) is 30.0 Å². The molecule has 1 rings (SSSR count). The molecule has 2 amide bonds. The summed E-state index contributed by atoms with van der Waals surface area (Å²) in [4.78, 5) is 22.8. The summed E-state index contributed by atoms with van der Waals surface area (Å²) in [6.07, 6.45) is 0.0870. The number of aliphatic hydroxyl groups is 1. The summed E-state index contributed by atoms with van der Waals surface area (Å²) in [6.45, 7) is 1.72. The lowest BCUT2D eigenvalue weighted by Crippen LogP contribution is -2.38. The normalized spacial score (nSPS) is 11.8. The molecule has 1 aromatic rings. The van der Waals surface area contributed by atoms with Crippen LogP contribution in [0.25, 0.3) is 0 Å². The number of rotatable bonds is 7. The smallest absolute Gasteiger partial charge is 0.239 e. The van der Waals surface area contributed by atoms with Crippen LogP contribution < -0.4 is 10.6 Å². The summed E-state index contributed by atoms with van der Waals surface area (Å²) in [5, 5.41) is 15.7. The van der Waals surface area contributed by atoms with E-state index in [1.54, 1.807) is 18.2 Å². The highest BCUT2D eigenvalue weighted by molar-refractivity contribution is 6.36. The molecule has 1 aromatic carbocycles. The molecular weight excluding hydrogens is 315 g/mol. The molecule has 0 saturated heterocycles. The van der Waals surface area contributed by atoms with Gasteiger partial charge in [0.05, 0.1) is 12.6 Å². The highest BCUT2D eigenvalue weighted by Crippen LogP contribution is 2.29. The molecule has 0 aromatic heterocycles. The number of hydrogen-bond donors (Lipinski definition) is 3. The maximum atomic E-state index is 11.6. The van der Waals surface area contributed by atoms with Crippen molar-refractivity contribution in [1.82, 2.24) is 10.6 Å². The van der Waals surface area contributed by atoms with Gasteiger partial charge < -0.3 is 15.7 Å². The van der Waals surface area contributed by atoms with Crippen molar-refractivity contribution in [3.63, 3.8) is 0 Å². The standard InChI is InChI=1S/C14H18Cl2N2O3/c1-2-4-12(20)18-8-13(21)17-7-11(19)14-9(15)5-3-6-10(14)16/h3,5-6,11,19H,2,4,7-8H2,1H3,(H,17,21)(H,18,20). The van der Waals surface area contributed by atoms with Crippen molar-refractivity contribution in [1.29, 1.82) is 0 Å². The van der Waals surface area contributed by atoms with E-state index >= 15 is 0 Å². The molecule has 0 aliphatic heterocycles. The fourth-order valence-electron chi connectivity index (χ4n) is 1.70. The lowest BCUT2D eigenvalue weighted by molar-refractivity contribution is -0.126. The largest absolute Gasteiger partial charge is 0.386 e. The first-order valence-corrected chi connectivity index (χ1v) is 7.36. The van der Waals surface area contributed by atoms with Gasteiger partial charge in [-0.1, -0.05) is 36.2 Å². The minimum Gasteiger partial charge on any atom is -0.386 e. The highest BCUT2D eigenvalue weighted by Gasteiger charge is 2.16. The highest BCUT2D eigenvalue weighted by atomic mass is 35.5. The number of amides is 2. The summed E-state index contributed by atoms with van der Waals surface area (Å²) in [6, 6.07) is 4.89. The Labute approximate surface area is 133 Å². The molecule has 0 aliphatic rings. The van der Waals surface area contributed by atoms with Gasteiger partial charge in [-0.05, 0) is 18.6 Å². The van der Waals surface area contributed by atoms with E-state index in [1.165, 1.54) is 0 Å². The van der Waals surface area contributed by atoms with Crippen LogP contribution in [0.3, 0.4) is 0 Å². The Morgan fingerprint density at radius 1 is 1.19 bits per heavy atom. The first-order valence-electron chi connectivity index (χ1n) is 6.61. The number of halogens is 2. The fourth-order valence-corrected chi connectivity index (χ4v) is 2.35. The summed E-state index contributed by atoms with van der Waals surface area (Å²) < 4.78 is 0. The van der Waals surface area contributed by atoms with Crippen LogP contribution in [0.15, 0.2) is 18.2 Å². The molecule has 3 N–H and O–H groups in total. The number of aliphatic hydroxyl groups excluding tert-OH is 1. The first kappa shape index (κ1) is 17.8. The van der Waals surface area contributed by atoms with Crippen molar-refractivity contribution in [2.45, 2.75) is 25.9 Å². The van der Waals surface area contributed by atoms with Crippen molar-refractivity contribution in [3.8, 4) is 0 Å². The van der Waals surface area contributed by atoms with E-state index in [0.717, 1.165) is 6.42 Å². The van der Waals surface area contributed by atoms with E-state index in [4.69, 9.17) is 23.2 Å². The molecule has 1 atom stereocenters. The minimum atomic E-state index is -1.01. The van der Waals surface area contributed by atoms with Crippen molar-refractivity contribution in [2.75, 3.05) is 13.1 Å². The van der Waals surface area contributed by atoms with E-state index < -0.39 is 6.10 Å². The quantitative estimate of drug-likeness (QED) is 0.715. The average Bonchev–Trinajstić information content (AvgIpc) is 2.43. The lowest BCUT2D eigenvalue weighted by Gasteiger charge is -2.15. The van der Waals surface area contributed by atoms with Gasteiger partial charge in [-0.2, -0.15) is 0 Å². The minimum absolute atomic E-state index is 0.0358. The molecule has 5 nitrogen and oxygen atoms in total. The number of benzene rings is 1. The van der Waals surface area contributed by atoms with Crippen LogP contribution in [0.4, 0.5) is 0 Å². The first-order chi connectivity index (χ1) is 9.95. The lowest BCUT2D eigenvalue weighted by atomic mass is 10.1. The third kappa shape index (κ3) is 5.91. The van der Waals surface area contributed by atoms with E-state index in [-0.39, 0.29) is 24.9 Å². The summed E-state index contributed by atoms with van der Waals surface area (Å²) in [5.74, 6) is -0.566. The zero-order chi connectivity index (χ0) is 15.8. The Balaban J connectivity index is 2.44. The summed E-state index contributed by atoms with van der Waals surface area (Å²) >= 11 is 11.9. The van der Waals surface area contributed by atoms with Gasteiger partial charge in [0.15, 0.2) is 0 Å². The Morgan fingerprint density at radius 2 is 1.81 bits per heavy atom. The number of nitrogens with one attached hydrogen (secondary N) is 2. The average molecular weight is 333 g/mol. The monoisotopic (exact) mass is 332 g/mol. The van der Waals surface area contributed by atoms with E-state index in [9.17, 15) is 14.7 Å². The van der Waals surface area contributed by atoms with Crippen LogP contribution in [0, 0.1) is 0 Å². The number of hydrogen-bond acceptors (Lipinski definition) is 3. The van der Waals surface area contributed by atoms with Crippen molar-refractivity contribution in [3.05, 3.63) is 33.8 Å². The van der Waals surface area contributed by atoms with Gasteiger partial charge in [0.2, 0.25) is 11.8 Å². The molecule has 21 heavy (non-hydrogen) atoms. The Morgan fingerprint density at radius 3 is 2.38 bits per heavy atom. The molecule has 7 heteroatoms. The van der Waals surface area contributed by atoms with E-state index in [2.05, 4.69) is 10.6 Å². The predicted molar refractivity (Wildman–Crippen MR) is 82.3 cm³/mol. The molecule has 1 unspecified atom stereocenters. The predicted octanol–water partition coefficient (Wildman–Crippen LogP) is 2.06. The summed E-state index contributed by atoms with van der Waals surface area (Å²) in [7, 11) is 0. The zero-order valence-electron chi connectivity index (χ0n) is 11.7. The van der Waals surface area contributed by atoms with Crippen LogP contribution in [0.2, 0.25) is 10.0 Å². The topological polar surface area (TPSA) is 78.4 Å². The third-order valence-electron chi connectivity index (χ3n) is 2.75. The van der Waals surface area contributed by atoms with Gasteiger partial charge in [0.25, 0.3) is 0 Å². The van der Waals surface area contributed by atoms with E-state index in [0.29, 0.717) is 22.0 Å². The van der Waals surface area contributed by atoms with Gasteiger partial charge in [-0.3, -0.25) is 9.59 Å². The molecule has 0 fully saturated rings. The second-order valence-corrected chi connectivity index (χ2v) is 5.30. The van der Waals surface area contributed by atoms with Crippen molar-refractivity contribution in [2.24, 2.45) is 0 Å².